The van der Waals surface area contributed by atoms with Crippen molar-refractivity contribution in [2.75, 3.05) is 0 Å². The van der Waals surface area contributed by atoms with E-state index in [9.17, 15) is 44.4 Å². The molecule has 540 valence electrons. The number of carbonyl (C=O) groups excluding carboxylic acids is 4. The minimum Gasteiger partial charge on any atom is -0.508 e. The zero-order valence-electron chi connectivity index (χ0n) is 59.3. The number of carbonyl (C=O) groups is 6. The van der Waals surface area contributed by atoms with Gasteiger partial charge in [0.2, 0.25) is 0 Å². The van der Waals surface area contributed by atoms with Gasteiger partial charge in [-0.15, -0.1) is 32.9 Å². The van der Waals surface area contributed by atoms with E-state index in [4.69, 9.17) is 83.1 Å². The molecule has 0 aromatic heterocycles. The highest BCUT2D eigenvalue weighted by Gasteiger charge is 2.24. The summed E-state index contributed by atoms with van der Waals surface area (Å²) in [6.07, 6.45) is 11.1. The number of carboxylic acids is 2. The van der Waals surface area contributed by atoms with E-state index in [0.717, 1.165) is 47.2 Å². The van der Waals surface area contributed by atoms with Crippen molar-refractivity contribution in [3.8, 4) is 46.0 Å². The van der Waals surface area contributed by atoms with E-state index in [1.54, 1.807) is 65.0 Å². The number of phenolic OH excluding ortho intramolecular Hbond substituents is 6. The Morgan fingerprint density at radius 3 is 0.948 bits per heavy atom. The number of benzene rings is 5. The normalized spacial score (nSPS) is 11.0. The highest BCUT2D eigenvalue weighted by molar-refractivity contribution is 6.33. The van der Waals surface area contributed by atoms with Gasteiger partial charge in [0.05, 0.1) is 27.8 Å². The average molecular weight is 1400 g/mol. The molecule has 5 atom stereocenters. The fraction of sp³-hybridized carbons (Fsp3) is 0.378. The highest BCUT2D eigenvalue weighted by atomic mass is 35.5. The molecule has 5 aromatic rings. The number of aromatic hydroxyl groups is 8. The summed E-state index contributed by atoms with van der Waals surface area (Å²) in [4.78, 5) is 65.8. The Labute approximate surface area is 582 Å². The van der Waals surface area contributed by atoms with Gasteiger partial charge in [0.15, 0.2) is 0 Å². The molecule has 5 rings (SSSR count). The first-order valence-corrected chi connectivity index (χ1v) is 31.3. The van der Waals surface area contributed by atoms with E-state index in [0.29, 0.717) is 48.8 Å². The fourth-order valence-corrected chi connectivity index (χ4v) is 8.04. The van der Waals surface area contributed by atoms with Gasteiger partial charge in [-0.3, -0.25) is 0 Å². The first-order chi connectivity index (χ1) is 45.1. The maximum atomic E-state index is 12.2. The zero-order chi connectivity index (χ0) is 76.9. The molecular formula is C74H104Cl2O21. The van der Waals surface area contributed by atoms with Gasteiger partial charge in [0.1, 0.15) is 92.8 Å². The van der Waals surface area contributed by atoms with Crippen molar-refractivity contribution in [2.45, 2.75) is 187 Å². The summed E-state index contributed by atoms with van der Waals surface area (Å²) >= 11 is 11.4. The molecule has 0 fully saturated rings. The van der Waals surface area contributed by atoms with Crippen LogP contribution < -0.4 is 0 Å². The number of aliphatic hydroxyl groups is 2. The van der Waals surface area contributed by atoms with Crippen LogP contribution in [0.25, 0.3) is 0 Å². The molecule has 23 heteroatoms. The molecule has 0 saturated heterocycles. The molecule has 0 radical (unpaired) electrons. The largest absolute Gasteiger partial charge is 0.508 e. The molecule has 0 amide bonds. The quantitative estimate of drug-likeness (QED) is 0.0168. The highest BCUT2D eigenvalue weighted by Crippen LogP contribution is 2.37. The molecule has 0 aliphatic carbocycles. The van der Waals surface area contributed by atoms with Crippen LogP contribution in [0.4, 0.5) is 0 Å². The van der Waals surface area contributed by atoms with Crippen molar-refractivity contribution < 1.29 is 104 Å². The third-order valence-corrected chi connectivity index (χ3v) is 13.3. The second-order valence-electron chi connectivity index (χ2n) is 20.7. The third-order valence-electron chi connectivity index (χ3n) is 12.3. The van der Waals surface area contributed by atoms with E-state index in [1.807, 2.05) is 61.5 Å². The molecular weight excluding hydrogens is 1300 g/mol. The number of phenols is 8. The van der Waals surface area contributed by atoms with Crippen molar-refractivity contribution in [1.29, 1.82) is 0 Å². The molecule has 21 nitrogen and oxygen atoms in total. The molecule has 5 aromatic carbocycles. The molecule has 0 spiro atoms. The summed E-state index contributed by atoms with van der Waals surface area (Å²) in [7, 11) is 0. The summed E-state index contributed by atoms with van der Waals surface area (Å²) in [5.41, 5.74) is 5.88. The van der Waals surface area contributed by atoms with E-state index >= 15 is 0 Å². The topological polar surface area (TPSA) is 373 Å². The van der Waals surface area contributed by atoms with Crippen molar-refractivity contribution in [1.82, 2.24) is 0 Å². The number of hydrogen-bond donors (Lipinski definition) is 12. The van der Waals surface area contributed by atoms with Crippen LogP contribution in [0, 0.1) is 55.4 Å². The second kappa shape index (κ2) is 52.0. The average Bonchev–Trinajstić information content (AvgIpc) is 0.848. The molecule has 0 saturated carbocycles. The zero-order valence-corrected chi connectivity index (χ0v) is 60.8. The van der Waals surface area contributed by atoms with Gasteiger partial charge in [-0.1, -0.05) is 87.3 Å². The fourth-order valence-electron chi connectivity index (χ4n) is 7.74. The van der Waals surface area contributed by atoms with Gasteiger partial charge in [-0.2, -0.15) is 0 Å². The lowest BCUT2D eigenvalue weighted by molar-refractivity contribution is -0.106. The first kappa shape index (κ1) is 96.4. The van der Waals surface area contributed by atoms with Crippen molar-refractivity contribution >= 4 is 59.3 Å². The number of esters is 3. The van der Waals surface area contributed by atoms with Crippen LogP contribution in [0.2, 0.25) is 10.0 Å². The van der Waals surface area contributed by atoms with Crippen LogP contribution >= 0.6 is 23.2 Å². The Balaban J connectivity index is -0.000000342. The number of carboxylic acid groups (broad SMARTS) is 2. The van der Waals surface area contributed by atoms with Gasteiger partial charge >= 0.3 is 29.8 Å². The number of aromatic carboxylic acids is 2. The Hall–Kier alpha value is -9.28. The maximum Gasteiger partial charge on any atom is 0.342 e. The Bertz CT molecular complexity index is 3200. The summed E-state index contributed by atoms with van der Waals surface area (Å²) in [5, 5.41) is 108. The van der Waals surface area contributed by atoms with Crippen molar-refractivity contribution in [3.63, 3.8) is 0 Å². The predicted octanol–water partition coefficient (Wildman–Crippen LogP) is 16.8. The number of aliphatic hydroxyl groups excluding tert-OH is 2. The Morgan fingerprint density at radius 2 is 0.660 bits per heavy atom. The monoisotopic (exact) mass is 1400 g/mol. The summed E-state index contributed by atoms with van der Waals surface area (Å²) in [6, 6.07) is 8.75. The maximum absolute atomic E-state index is 12.2. The number of aryl methyl sites for hydroxylation is 4. The van der Waals surface area contributed by atoms with Gasteiger partial charge < -0.3 is 80.3 Å². The first-order valence-electron chi connectivity index (χ1n) is 30.6. The summed E-state index contributed by atoms with van der Waals surface area (Å²) in [5.74, 6) is -6.38. The lowest BCUT2D eigenvalue weighted by Crippen LogP contribution is -2.17. The number of hydrogen-bond acceptors (Lipinski definition) is 19. The van der Waals surface area contributed by atoms with E-state index in [2.05, 4.69) is 39.8 Å². The number of halogens is 2. The van der Waals surface area contributed by atoms with Crippen LogP contribution in [0.3, 0.4) is 0 Å². The van der Waals surface area contributed by atoms with Gasteiger partial charge in [0, 0.05) is 43.5 Å². The predicted molar refractivity (Wildman–Crippen MR) is 384 cm³/mol. The summed E-state index contributed by atoms with van der Waals surface area (Å²) in [6.45, 7) is 50.0. The third kappa shape index (κ3) is 37.0. The minimum atomic E-state index is -1.28. The van der Waals surface area contributed by atoms with Gasteiger partial charge in [-0.25, -0.2) is 24.0 Å². The number of rotatable bonds is 18. The standard InChI is InChI=1S/C16H22O2.C13H15ClO4.C13H16O4.C8H7ClO4.C8H8O4.2C5H10O.C2H4O.2C2H6/c1-7-8-12(4)18-16(17)15-11(3)9-10(2)13(5)14(15)6;1-4-5-7(2)18-13(17)11-8(3)12(14)10(16)6-9(11)15;1-4-5-9(3)17-13(16)12-8(2)6-10(14)7-11(12)15;1-3-6(8(12)13)4(10)2-5(11)7(3)9;1-4-2-5(9)3-6(10)7(4)8(11)12;2*1-3-4-5(2)6;1-2-3;2*1-2/h7,9,12H,1,8H2,2-6H3;4,6-7,15-16H,1,5H2,2-3H3;4,6-7,9,14-15H,1,5H2,2-3H3;2,10-11H,1H3,(H,12,13);2-3,9-10H,1H3,(H,11,12);2*3,5-6H,1,4H2,2H3;2H,1H3;2*1-2H3/t12-;7-;9-;;;2*5-;;;/m111..00.../s1. The Morgan fingerprint density at radius 1 is 0.392 bits per heavy atom. The molecule has 0 aliphatic rings. The van der Waals surface area contributed by atoms with E-state index in [1.165, 1.54) is 45.4 Å². The lowest BCUT2D eigenvalue weighted by atomic mass is 9.94. The molecule has 0 heterocycles. The molecule has 12 N–H and O–H groups in total. The number of ether oxygens (including phenoxy) is 3. The van der Waals surface area contributed by atoms with Crippen LogP contribution in [0.1, 0.15) is 198 Å². The lowest BCUT2D eigenvalue weighted by Gasteiger charge is -2.16. The SMILES string of the molecule is C=CC[C@@H](C)OC(=O)c1c(C)cc(C)c(C)c1C.C=CC[C@@H](C)OC(=O)c1c(C)cc(O)cc1O.C=CC[C@@H](C)OC(=O)c1c(O)cc(O)c(Cl)c1C.C=CC[C@H](C)O.C=CC[C@H](C)O.CC.CC.CC=O.Cc1c(Cl)c(O)cc(O)c1C(=O)O.Cc1cc(O)cc(O)c1C(=O)O. The van der Waals surface area contributed by atoms with Crippen LogP contribution in [-0.4, -0.2) is 128 Å². The number of aldehydes is 1. The van der Waals surface area contributed by atoms with Crippen molar-refractivity contribution in [3.05, 3.63) is 188 Å². The van der Waals surface area contributed by atoms with Gasteiger partial charge in [0.25, 0.3) is 0 Å². The summed E-state index contributed by atoms with van der Waals surface area (Å²) < 4.78 is 15.7. The molecule has 0 unspecified atom stereocenters. The van der Waals surface area contributed by atoms with Crippen LogP contribution in [0.5, 0.6) is 46.0 Å². The molecule has 0 aliphatic heterocycles. The van der Waals surface area contributed by atoms with Crippen LogP contribution in [-0.2, 0) is 19.0 Å². The molecule has 97 heavy (non-hydrogen) atoms. The molecule has 0 bridgehead atoms. The van der Waals surface area contributed by atoms with E-state index in [-0.39, 0.29) is 114 Å². The smallest absolute Gasteiger partial charge is 0.342 e. The van der Waals surface area contributed by atoms with Gasteiger partial charge in [-0.05, 0) is 166 Å². The van der Waals surface area contributed by atoms with Crippen LogP contribution in [0.15, 0.2) is 106 Å². The Kier molecular flexibility index (Phi) is 51.7. The van der Waals surface area contributed by atoms with E-state index < -0.39 is 35.4 Å². The second-order valence-corrected chi connectivity index (χ2v) is 21.5. The van der Waals surface area contributed by atoms with Crippen molar-refractivity contribution in [2.24, 2.45) is 0 Å². The minimum absolute atomic E-state index is 0.0242.